The highest BCUT2D eigenvalue weighted by atomic mass is 14.6. The predicted molar refractivity (Wildman–Crippen MR) is 70.9 cm³/mol. The van der Waals surface area contributed by atoms with Crippen LogP contribution in [-0.2, 0) is 6.42 Å². The molecule has 1 aromatic carbocycles. The van der Waals surface area contributed by atoms with Gasteiger partial charge in [0.05, 0.1) is 0 Å². The smallest absolute Gasteiger partial charge is 0.0270 e. The average molecular weight is 221 g/mol. The van der Waals surface area contributed by atoms with Crippen LogP contribution in [0.3, 0.4) is 0 Å². The second-order valence-electron chi connectivity index (χ2n) is 4.66. The number of fused-ring (bicyclic) bond motifs is 1. The van der Waals surface area contributed by atoms with Gasteiger partial charge < -0.3 is 0 Å². The van der Waals surface area contributed by atoms with Crippen LogP contribution in [0.5, 0.6) is 0 Å². The maximum Gasteiger partial charge on any atom is 0.0270 e. The summed E-state index contributed by atoms with van der Waals surface area (Å²) < 4.78 is 0. The highest BCUT2D eigenvalue weighted by Gasteiger charge is 2.17. The van der Waals surface area contributed by atoms with E-state index < -0.39 is 0 Å². The second-order valence-corrected chi connectivity index (χ2v) is 4.66. The zero-order valence-corrected chi connectivity index (χ0v) is 9.93. The number of benzene rings is 1. The Labute approximate surface area is 102 Å². The lowest BCUT2D eigenvalue weighted by molar-refractivity contribution is 0.847. The van der Waals surface area contributed by atoms with Crippen molar-refractivity contribution in [3.8, 4) is 0 Å². The van der Waals surface area contributed by atoms with E-state index in [0.717, 1.165) is 6.42 Å². The molecule has 0 bridgehead atoms. The largest absolute Gasteiger partial charge is 0.265 e. The summed E-state index contributed by atoms with van der Waals surface area (Å²) in [4.78, 5) is 4.06. The van der Waals surface area contributed by atoms with Gasteiger partial charge in [-0.2, -0.15) is 0 Å². The summed E-state index contributed by atoms with van der Waals surface area (Å²) >= 11 is 0. The van der Waals surface area contributed by atoms with Gasteiger partial charge in [0.1, 0.15) is 0 Å². The molecule has 1 aromatic heterocycles. The Morgan fingerprint density at radius 1 is 1.12 bits per heavy atom. The van der Waals surface area contributed by atoms with Crippen LogP contribution in [0, 0.1) is 6.92 Å². The van der Waals surface area contributed by atoms with Gasteiger partial charge in [-0.15, -0.1) is 0 Å². The highest BCUT2D eigenvalue weighted by Crippen LogP contribution is 2.32. The second kappa shape index (κ2) is 4.17. The molecule has 17 heavy (non-hydrogen) atoms. The summed E-state index contributed by atoms with van der Waals surface area (Å²) in [7, 11) is 0. The van der Waals surface area contributed by atoms with Crippen molar-refractivity contribution in [3.05, 3.63) is 71.1 Å². The van der Waals surface area contributed by atoms with Crippen LogP contribution in [0.1, 0.15) is 28.2 Å². The molecule has 0 fully saturated rings. The van der Waals surface area contributed by atoms with E-state index in [4.69, 9.17) is 0 Å². The van der Waals surface area contributed by atoms with Gasteiger partial charge in [-0.3, -0.25) is 4.98 Å². The van der Waals surface area contributed by atoms with Crippen LogP contribution in [0.15, 0.2) is 48.8 Å². The SMILES string of the molecule is Cc1ccc2c(c1)C=CC2Cc1ccncc1. The van der Waals surface area contributed by atoms with Crippen molar-refractivity contribution in [2.24, 2.45) is 0 Å². The maximum atomic E-state index is 4.06. The molecule has 3 rings (SSSR count). The Kier molecular flexibility index (Phi) is 2.52. The molecule has 0 saturated heterocycles. The normalized spacial score (nSPS) is 17.1. The molecule has 84 valence electrons. The number of rotatable bonds is 2. The maximum absolute atomic E-state index is 4.06. The van der Waals surface area contributed by atoms with Gasteiger partial charge in [0.2, 0.25) is 0 Å². The van der Waals surface area contributed by atoms with Gasteiger partial charge in [-0.1, -0.05) is 35.9 Å². The topological polar surface area (TPSA) is 12.9 Å². The van der Waals surface area contributed by atoms with Gasteiger partial charge in [-0.05, 0) is 42.2 Å². The molecule has 0 amide bonds. The third-order valence-electron chi connectivity index (χ3n) is 3.35. The molecule has 1 heteroatoms. The Hall–Kier alpha value is -1.89. The van der Waals surface area contributed by atoms with Gasteiger partial charge >= 0.3 is 0 Å². The fourth-order valence-corrected chi connectivity index (χ4v) is 2.45. The molecule has 1 atom stereocenters. The van der Waals surface area contributed by atoms with Crippen molar-refractivity contribution in [2.75, 3.05) is 0 Å². The van der Waals surface area contributed by atoms with Gasteiger partial charge in [0.15, 0.2) is 0 Å². The van der Waals surface area contributed by atoms with Crippen molar-refractivity contribution in [1.29, 1.82) is 0 Å². The minimum atomic E-state index is 0.521. The predicted octanol–water partition coefficient (Wildman–Crippen LogP) is 3.74. The number of aromatic nitrogens is 1. The quantitative estimate of drug-likeness (QED) is 0.752. The molecular weight excluding hydrogens is 206 g/mol. The summed E-state index contributed by atoms with van der Waals surface area (Å²) in [5.74, 6) is 0.521. The van der Waals surface area contributed by atoms with Crippen LogP contribution >= 0.6 is 0 Å². The standard InChI is InChI=1S/C16H15N/c1-12-2-5-16-14(10-12)3-4-15(16)11-13-6-8-17-9-7-13/h2-10,15H,11H2,1H3. The first kappa shape index (κ1) is 10.3. The lowest BCUT2D eigenvalue weighted by atomic mass is 9.93. The Balaban J connectivity index is 1.87. The van der Waals surface area contributed by atoms with E-state index in [0.29, 0.717) is 5.92 Å². The van der Waals surface area contributed by atoms with E-state index in [1.54, 1.807) is 0 Å². The first-order valence-corrected chi connectivity index (χ1v) is 6.00. The zero-order valence-electron chi connectivity index (χ0n) is 9.93. The number of hydrogen-bond donors (Lipinski definition) is 0. The van der Waals surface area contributed by atoms with E-state index >= 15 is 0 Å². The molecule has 0 N–H and O–H groups in total. The van der Waals surface area contributed by atoms with E-state index in [-0.39, 0.29) is 0 Å². The van der Waals surface area contributed by atoms with Crippen molar-refractivity contribution in [3.63, 3.8) is 0 Å². The van der Waals surface area contributed by atoms with E-state index in [9.17, 15) is 0 Å². The number of pyridine rings is 1. The van der Waals surface area contributed by atoms with Gasteiger partial charge in [0, 0.05) is 18.3 Å². The van der Waals surface area contributed by atoms with Crippen molar-refractivity contribution in [1.82, 2.24) is 4.98 Å². The summed E-state index contributed by atoms with van der Waals surface area (Å²) in [6, 6.07) is 10.9. The first-order valence-electron chi connectivity index (χ1n) is 6.00. The van der Waals surface area contributed by atoms with Crippen molar-refractivity contribution in [2.45, 2.75) is 19.3 Å². The molecule has 0 spiro atoms. The lowest BCUT2D eigenvalue weighted by Crippen LogP contribution is -1.98. The molecule has 0 aliphatic heterocycles. The Bertz CT molecular complexity index is 555. The Morgan fingerprint density at radius 3 is 2.76 bits per heavy atom. The van der Waals surface area contributed by atoms with Crippen molar-refractivity contribution >= 4 is 6.08 Å². The number of allylic oxidation sites excluding steroid dienone is 1. The third-order valence-corrected chi connectivity index (χ3v) is 3.35. The first-order chi connectivity index (χ1) is 8.33. The van der Waals surface area contributed by atoms with Crippen LogP contribution in [-0.4, -0.2) is 4.98 Å². The molecule has 1 nitrogen and oxygen atoms in total. The molecular formula is C16H15N. The summed E-state index contributed by atoms with van der Waals surface area (Å²) in [6.45, 7) is 2.14. The Morgan fingerprint density at radius 2 is 1.94 bits per heavy atom. The lowest BCUT2D eigenvalue weighted by Gasteiger charge is -2.11. The average Bonchev–Trinajstić information content (AvgIpc) is 2.73. The number of hydrogen-bond acceptors (Lipinski definition) is 1. The zero-order chi connectivity index (χ0) is 11.7. The minimum Gasteiger partial charge on any atom is -0.265 e. The van der Waals surface area contributed by atoms with Crippen LogP contribution < -0.4 is 0 Å². The summed E-state index contributed by atoms with van der Waals surface area (Å²) in [5.41, 5.74) is 5.51. The monoisotopic (exact) mass is 221 g/mol. The fraction of sp³-hybridized carbons (Fsp3) is 0.188. The summed E-state index contributed by atoms with van der Waals surface area (Å²) in [5, 5.41) is 0. The molecule has 0 saturated carbocycles. The highest BCUT2D eigenvalue weighted by molar-refractivity contribution is 5.63. The molecule has 2 aromatic rings. The number of nitrogens with zero attached hydrogens (tertiary/aromatic N) is 1. The third kappa shape index (κ3) is 2.01. The van der Waals surface area contributed by atoms with Gasteiger partial charge in [0.25, 0.3) is 0 Å². The van der Waals surface area contributed by atoms with E-state index in [1.165, 1.54) is 22.3 Å². The van der Waals surface area contributed by atoms with E-state index in [2.05, 4.69) is 54.4 Å². The van der Waals surface area contributed by atoms with Gasteiger partial charge in [-0.25, -0.2) is 0 Å². The van der Waals surface area contributed by atoms with Crippen molar-refractivity contribution < 1.29 is 0 Å². The van der Waals surface area contributed by atoms with E-state index in [1.807, 2.05) is 12.4 Å². The minimum absolute atomic E-state index is 0.521. The van der Waals surface area contributed by atoms with Crippen LogP contribution in [0.2, 0.25) is 0 Å². The van der Waals surface area contributed by atoms with Crippen LogP contribution in [0.4, 0.5) is 0 Å². The number of aryl methyl sites for hydroxylation is 1. The summed E-state index contributed by atoms with van der Waals surface area (Å²) in [6.07, 6.45) is 9.35. The van der Waals surface area contributed by atoms with Crippen LogP contribution in [0.25, 0.3) is 6.08 Å². The molecule has 1 aliphatic carbocycles. The molecule has 0 radical (unpaired) electrons. The molecule has 1 heterocycles. The fourth-order valence-electron chi connectivity index (χ4n) is 2.45. The molecule has 1 aliphatic rings. The molecule has 1 unspecified atom stereocenters.